The Morgan fingerprint density at radius 2 is 0.511 bits per heavy atom. The SMILES string of the molecule is CC(C)(C)C1=C(C(C)(C)C)CCC1.CC(C)(C)C1=C(C(C)(C)C)CCCC1.CC(C)(C)C1=C(C(C)(C)C)CCCCC1.CC(C)(C)C1=CCC=C1C(C)(C)C.CC(C)(C)C1=CCN=C1C(C)(C)C.CC(C)(C)c1cocc1C(C)(C)C.CC(C)(C)c1nonc1C(C)(C)C. The van der Waals surface area contributed by atoms with Crippen molar-refractivity contribution in [1.29, 1.82) is 0 Å². The lowest BCUT2D eigenvalue weighted by atomic mass is 9.69. The van der Waals surface area contributed by atoms with Gasteiger partial charge in [-0.2, -0.15) is 0 Å². The van der Waals surface area contributed by atoms with Gasteiger partial charge in [-0.1, -0.05) is 359 Å². The average molecular weight is 1300 g/mol. The number of hydrogen-bond donors (Lipinski definition) is 0. The van der Waals surface area contributed by atoms with E-state index in [0.29, 0.717) is 43.3 Å². The average Bonchev–Trinajstić information content (AvgIpc) is 1.87. The number of aromatic nitrogens is 2. The zero-order chi connectivity index (χ0) is 74.1. The van der Waals surface area contributed by atoms with E-state index in [4.69, 9.17) is 9.05 Å². The van der Waals surface area contributed by atoms with Gasteiger partial charge in [0, 0.05) is 22.0 Å². The Morgan fingerprint density at radius 1 is 0.255 bits per heavy atom. The summed E-state index contributed by atoms with van der Waals surface area (Å²) in [6.45, 7) is 96.6. The molecule has 0 amide bonds. The molecule has 0 radical (unpaired) electrons. The predicted molar refractivity (Wildman–Crippen MR) is 420 cm³/mol. The third-order valence-electron chi connectivity index (χ3n) is 18.9. The lowest BCUT2D eigenvalue weighted by Crippen LogP contribution is -2.27. The van der Waals surface area contributed by atoms with Crippen LogP contribution in [0.15, 0.2) is 95.0 Å². The standard InChI is InChI=1S/C15H28.C14H26.C13H24.C13H22.C12H21N.C12H20O.C10H18N2O/c1-14(2,3)12-10-8-7-9-11-13(12)15(4,5)6;1-13(2,3)11-9-7-8-10-12(11)14(4,5)6;2*1-12(2,3)10-8-7-9-11(10)13(4,5)6;1-11(2,3)9-7-8-13-10(9)12(4,5)6;1-11(2,3)9-7-13-8-10(9)12(4,5)6;1-9(2,3)7-8(10(4,5)6)12-13-11-7/h7-11H2,1-6H3;7-10H2,1-6H3;7-9H2,1-6H3;8-9H,7H2,1-6H3;7H,8H2,1-6H3;7-8H,1-6H3;1-6H3. The quantitative estimate of drug-likeness (QED) is 0.247. The molecular formula is C89H159N3O2. The van der Waals surface area contributed by atoms with E-state index < -0.39 is 0 Å². The minimum atomic E-state index is 0.00259. The summed E-state index contributed by atoms with van der Waals surface area (Å²) in [5.74, 6) is 0. The first-order valence-electron chi connectivity index (χ1n) is 37.4. The van der Waals surface area contributed by atoms with E-state index in [9.17, 15) is 0 Å². The number of hydrogen-bond acceptors (Lipinski definition) is 5. The van der Waals surface area contributed by atoms with Crippen LogP contribution in [0.2, 0.25) is 0 Å². The predicted octanol–water partition coefficient (Wildman–Crippen LogP) is 29.2. The fraction of sp³-hybridized carbons (Fsp3) is 0.787. The maximum atomic E-state index is 5.30. The molecule has 4 aliphatic carbocycles. The van der Waals surface area contributed by atoms with Crippen molar-refractivity contribution in [2.24, 2.45) is 59.1 Å². The minimum absolute atomic E-state index is 0.00259. The summed E-state index contributed by atoms with van der Waals surface area (Å²) in [7, 11) is 0. The van der Waals surface area contributed by atoms with Crippen molar-refractivity contribution in [3.63, 3.8) is 0 Å². The molecule has 0 fully saturated rings. The summed E-state index contributed by atoms with van der Waals surface area (Å²) in [5, 5.41) is 7.94. The van der Waals surface area contributed by atoms with Crippen molar-refractivity contribution >= 4 is 5.71 Å². The molecule has 2 aromatic heterocycles. The van der Waals surface area contributed by atoms with Crippen LogP contribution in [0.4, 0.5) is 0 Å². The van der Waals surface area contributed by atoms with E-state index in [-0.39, 0.29) is 32.5 Å². The summed E-state index contributed by atoms with van der Waals surface area (Å²) >= 11 is 0. The van der Waals surface area contributed by atoms with Gasteiger partial charge in [0.2, 0.25) is 0 Å². The molecule has 0 atom stereocenters. The Balaban J connectivity index is 0.000000549. The maximum absolute atomic E-state index is 5.30. The van der Waals surface area contributed by atoms with Crippen LogP contribution in [0, 0.1) is 54.1 Å². The summed E-state index contributed by atoms with van der Waals surface area (Å²) in [6, 6.07) is 0. The highest BCUT2D eigenvalue weighted by Gasteiger charge is 2.36. The Kier molecular flexibility index (Phi) is 30.8. The fourth-order valence-electron chi connectivity index (χ4n) is 14.0. The second-order valence-corrected chi connectivity index (χ2v) is 42.9. The zero-order valence-electron chi connectivity index (χ0n) is 70.9. The van der Waals surface area contributed by atoms with Gasteiger partial charge in [0.15, 0.2) is 0 Å². The lowest BCUT2D eigenvalue weighted by molar-refractivity contribution is 0.290. The molecule has 94 heavy (non-hydrogen) atoms. The smallest absolute Gasteiger partial charge is 0.114 e. The number of rotatable bonds is 0. The first-order valence-corrected chi connectivity index (χ1v) is 37.4. The van der Waals surface area contributed by atoms with Crippen molar-refractivity contribution in [2.75, 3.05) is 6.54 Å². The van der Waals surface area contributed by atoms with Crippen molar-refractivity contribution in [2.45, 2.75) is 396 Å². The van der Waals surface area contributed by atoms with Gasteiger partial charge in [-0.05, 0) is 164 Å². The van der Waals surface area contributed by atoms with Crippen LogP contribution in [-0.2, 0) is 21.7 Å². The Bertz CT molecular complexity index is 2590. The largest absolute Gasteiger partial charge is 0.472 e. The highest BCUT2D eigenvalue weighted by atomic mass is 16.6. The second kappa shape index (κ2) is 32.7. The molecule has 2 aromatic rings. The summed E-state index contributed by atoms with van der Waals surface area (Å²) in [5.41, 5.74) is 24.4. The monoisotopic (exact) mass is 1300 g/mol. The van der Waals surface area contributed by atoms with Crippen LogP contribution < -0.4 is 0 Å². The second-order valence-electron chi connectivity index (χ2n) is 42.9. The molecule has 0 saturated heterocycles. The summed E-state index contributed by atoms with van der Waals surface area (Å²) in [6.07, 6.45) is 28.2. The van der Waals surface area contributed by atoms with E-state index in [1.807, 2.05) is 12.5 Å². The third-order valence-corrected chi connectivity index (χ3v) is 18.9. The van der Waals surface area contributed by atoms with Gasteiger partial charge in [0.05, 0.1) is 19.1 Å². The molecule has 0 saturated carbocycles. The number of nitrogens with zero attached hydrogens (tertiary/aromatic N) is 3. The Labute approximate surface area is 586 Å². The molecule has 1 aliphatic heterocycles. The number of aliphatic imine (C=N–C) groups is 1. The van der Waals surface area contributed by atoms with Crippen LogP contribution in [0.3, 0.4) is 0 Å². The van der Waals surface area contributed by atoms with Crippen LogP contribution >= 0.6 is 0 Å². The van der Waals surface area contributed by atoms with Gasteiger partial charge in [-0.3, -0.25) is 4.99 Å². The van der Waals surface area contributed by atoms with Crippen LogP contribution in [0.5, 0.6) is 0 Å². The van der Waals surface area contributed by atoms with Crippen molar-refractivity contribution in [1.82, 2.24) is 10.3 Å². The zero-order valence-corrected chi connectivity index (χ0v) is 70.9. The summed E-state index contributed by atoms with van der Waals surface area (Å²) in [4.78, 5) is 4.58. The van der Waals surface area contributed by atoms with E-state index in [1.54, 1.807) is 44.6 Å². The first kappa shape index (κ1) is 88.5. The van der Waals surface area contributed by atoms with Crippen LogP contribution in [0.1, 0.15) is 397 Å². The van der Waals surface area contributed by atoms with Crippen molar-refractivity contribution in [3.8, 4) is 0 Å². The fourth-order valence-corrected chi connectivity index (χ4v) is 14.0. The van der Waals surface area contributed by atoms with E-state index in [1.165, 1.54) is 99.5 Å². The van der Waals surface area contributed by atoms with Crippen molar-refractivity contribution in [3.05, 3.63) is 103 Å². The van der Waals surface area contributed by atoms with Gasteiger partial charge in [0.1, 0.15) is 11.4 Å². The molecule has 0 spiro atoms. The van der Waals surface area contributed by atoms with E-state index >= 15 is 0 Å². The Hall–Kier alpha value is -3.47. The molecule has 0 unspecified atom stereocenters. The van der Waals surface area contributed by atoms with Gasteiger partial charge in [0.25, 0.3) is 0 Å². The van der Waals surface area contributed by atoms with Gasteiger partial charge in [-0.15, -0.1) is 0 Å². The molecule has 0 aromatic carbocycles. The molecule has 5 nitrogen and oxygen atoms in total. The van der Waals surface area contributed by atoms with Gasteiger partial charge < -0.3 is 4.42 Å². The molecule has 5 heteroatoms. The van der Waals surface area contributed by atoms with Crippen molar-refractivity contribution < 1.29 is 9.05 Å². The first-order chi connectivity index (χ1) is 41.6. The lowest BCUT2D eigenvalue weighted by Gasteiger charge is -2.36. The molecule has 3 heterocycles. The topological polar surface area (TPSA) is 64.4 Å². The van der Waals surface area contributed by atoms with Gasteiger partial charge in [-0.25, -0.2) is 4.63 Å². The molecule has 0 N–H and O–H groups in total. The molecule has 542 valence electrons. The Morgan fingerprint density at radius 3 is 0.723 bits per heavy atom. The number of allylic oxidation sites excluding steroid dienone is 11. The maximum Gasteiger partial charge on any atom is 0.114 e. The van der Waals surface area contributed by atoms with E-state index in [2.05, 4.69) is 324 Å². The highest BCUT2D eigenvalue weighted by Crippen LogP contribution is 2.48. The highest BCUT2D eigenvalue weighted by molar-refractivity contribution is 6.06. The number of furan rings is 1. The molecule has 5 aliphatic rings. The minimum Gasteiger partial charge on any atom is -0.472 e. The molecule has 0 bridgehead atoms. The van der Waals surface area contributed by atoms with Crippen LogP contribution in [0.25, 0.3) is 0 Å². The molecule has 7 rings (SSSR count). The van der Waals surface area contributed by atoms with Gasteiger partial charge >= 0.3 is 0 Å². The third kappa shape index (κ3) is 28.8. The summed E-state index contributed by atoms with van der Waals surface area (Å²) < 4.78 is 10.1. The molecular weight excluding hydrogens is 1140 g/mol. The van der Waals surface area contributed by atoms with E-state index in [0.717, 1.165) is 24.4 Å². The normalized spacial score (nSPS) is 17.9. The van der Waals surface area contributed by atoms with Crippen LogP contribution in [-0.4, -0.2) is 22.6 Å².